The first-order valence-corrected chi connectivity index (χ1v) is 5.67. The lowest BCUT2D eigenvalue weighted by Crippen LogP contribution is -2.31. The molecule has 2 rings (SSSR count). The molecule has 1 aliphatic rings. The van der Waals surface area contributed by atoms with Gasteiger partial charge < -0.3 is 10.2 Å². The quantitative estimate of drug-likeness (QED) is 0.756. The van der Waals surface area contributed by atoms with Gasteiger partial charge in [0, 0.05) is 31.4 Å². The highest BCUT2D eigenvalue weighted by molar-refractivity contribution is 7.10. The number of nitrogens with one attached hydrogen (secondary N) is 1. The lowest BCUT2D eigenvalue weighted by molar-refractivity contribution is -0.131. The summed E-state index contributed by atoms with van der Waals surface area (Å²) < 4.78 is 0. The highest BCUT2D eigenvalue weighted by atomic mass is 32.1. The van der Waals surface area contributed by atoms with Crippen molar-refractivity contribution < 1.29 is 4.79 Å². The number of thiophene rings is 1. The second-order valence-electron chi connectivity index (χ2n) is 3.49. The van der Waals surface area contributed by atoms with Gasteiger partial charge in [0.1, 0.15) is 0 Å². The Morgan fingerprint density at radius 2 is 2.50 bits per heavy atom. The zero-order valence-electron chi connectivity index (χ0n) is 8.19. The highest BCUT2D eigenvalue weighted by Gasteiger charge is 2.24. The zero-order valence-corrected chi connectivity index (χ0v) is 9.01. The maximum Gasteiger partial charge on any atom is 0.224 e. The minimum Gasteiger partial charge on any atom is -0.337 e. The molecule has 0 aliphatic carbocycles. The highest BCUT2D eigenvalue weighted by Crippen LogP contribution is 2.24. The molecule has 1 atom stereocenters. The molecule has 1 fully saturated rings. The zero-order chi connectivity index (χ0) is 9.97. The van der Waals surface area contributed by atoms with E-state index in [0.29, 0.717) is 6.42 Å². The first-order valence-electron chi connectivity index (χ1n) is 4.79. The summed E-state index contributed by atoms with van der Waals surface area (Å²) in [6.07, 6.45) is 0.609. The molecule has 0 bridgehead atoms. The number of nitrogens with zero attached hydrogens (tertiary/aromatic N) is 1. The Bertz CT molecular complexity index is 310. The van der Waals surface area contributed by atoms with Gasteiger partial charge in [0.15, 0.2) is 0 Å². The van der Waals surface area contributed by atoms with Crippen molar-refractivity contribution in [3.63, 3.8) is 0 Å². The molecule has 76 valence electrons. The molecule has 4 heteroatoms. The molecule has 0 saturated carbocycles. The van der Waals surface area contributed by atoms with Crippen LogP contribution in [0.15, 0.2) is 17.5 Å². The summed E-state index contributed by atoms with van der Waals surface area (Å²) in [6.45, 7) is 1.66. The standard InChI is InChI=1S/C10H14N2OS/c1-12-8(9-3-2-6-14-9)7-11-5-4-10(12)13/h2-3,6,8,11H,4-5,7H2,1H3. The van der Waals surface area contributed by atoms with Crippen molar-refractivity contribution in [3.05, 3.63) is 22.4 Å². The SMILES string of the molecule is CN1C(=O)CCNCC1c1cccs1. The van der Waals surface area contributed by atoms with E-state index in [4.69, 9.17) is 0 Å². The third-order valence-corrected chi connectivity index (χ3v) is 3.56. The summed E-state index contributed by atoms with van der Waals surface area (Å²) in [5, 5.41) is 5.34. The second kappa shape index (κ2) is 4.11. The molecule has 3 nitrogen and oxygen atoms in total. The van der Waals surface area contributed by atoms with E-state index in [-0.39, 0.29) is 11.9 Å². The van der Waals surface area contributed by atoms with E-state index in [1.54, 1.807) is 11.3 Å². The minimum atomic E-state index is 0.213. The van der Waals surface area contributed by atoms with E-state index in [9.17, 15) is 4.79 Å². The van der Waals surface area contributed by atoms with Crippen molar-refractivity contribution in [1.29, 1.82) is 0 Å². The Hall–Kier alpha value is -0.870. The van der Waals surface area contributed by atoms with Crippen molar-refractivity contribution in [2.45, 2.75) is 12.5 Å². The van der Waals surface area contributed by atoms with Gasteiger partial charge in [-0.25, -0.2) is 0 Å². The van der Waals surface area contributed by atoms with Crippen LogP contribution in [0.5, 0.6) is 0 Å². The predicted octanol–water partition coefficient (Wildman–Crippen LogP) is 1.24. The third-order valence-electron chi connectivity index (χ3n) is 2.59. The molecular weight excluding hydrogens is 196 g/mol. The van der Waals surface area contributed by atoms with Gasteiger partial charge in [0.25, 0.3) is 0 Å². The maximum atomic E-state index is 11.6. The molecule has 2 heterocycles. The maximum absolute atomic E-state index is 11.6. The van der Waals surface area contributed by atoms with Crippen LogP contribution in [0.3, 0.4) is 0 Å². The first-order chi connectivity index (χ1) is 6.79. The summed E-state index contributed by atoms with van der Waals surface area (Å²) in [4.78, 5) is 14.7. The van der Waals surface area contributed by atoms with Gasteiger partial charge in [0.2, 0.25) is 5.91 Å². The van der Waals surface area contributed by atoms with Gasteiger partial charge in [-0.3, -0.25) is 4.79 Å². The van der Waals surface area contributed by atoms with Crippen LogP contribution < -0.4 is 5.32 Å². The number of carbonyl (C=O) groups excluding carboxylic acids is 1. The number of carbonyl (C=O) groups is 1. The van der Waals surface area contributed by atoms with Crippen molar-refractivity contribution >= 4 is 17.2 Å². The Kier molecular flexibility index (Phi) is 2.84. The van der Waals surface area contributed by atoms with Crippen LogP contribution >= 0.6 is 11.3 Å². The van der Waals surface area contributed by atoms with E-state index in [0.717, 1.165) is 13.1 Å². The molecule has 0 aromatic carbocycles. The largest absolute Gasteiger partial charge is 0.337 e. The van der Waals surface area contributed by atoms with E-state index in [1.807, 2.05) is 18.0 Å². The van der Waals surface area contributed by atoms with Crippen LogP contribution in [0.1, 0.15) is 17.3 Å². The van der Waals surface area contributed by atoms with Crippen LogP contribution in [0.2, 0.25) is 0 Å². The van der Waals surface area contributed by atoms with Crippen LogP contribution in [-0.2, 0) is 4.79 Å². The monoisotopic (exact) mass is 210 g/mol. The van der Waals surface area contributed by atoms with Crippen LogP contribution in [-0.4, -0.2) is 30.9 Å². The molecule has 0 spiro atoms. The van der Waals surface area contributed by atoms with E-state index in [2.05, 4.69) is 16.8 Å². The van der Waals surface area contributed by atoms with Gasteiger partial charge in [-0.15, -0.1) is 11.3 Å². The summed E-state index contributed by atoms with van der Waals surface area (Å²) in [7, 11) is 1.89. The third kappa shape index (κ3) is 1.81. The van der Waals surface area contributed by atoms with E-state index in [1.165, 1.54) is 4.88 Å². The van der Waals surface area contributed by atoms with Crippen molar-refractivity contribution in [2.75, 3.05) is 20.1 Å². The van der Waals surface area contributed by atoms with E-state index >= 15 is 0 Å². The number of rotatable bonds is 1. The predicted molar refractivity (Wildman–Crippen MR) is 57.3 cm³/mol. The van der Waals surface area contributed by atoms with Gasteiger partial charge in [-0.2, -0.15) is 0 Å². The molecule has 1 aromatic rings. The molecule has 1 N–H and O–H groups in total. The molecule has 1 amide bonds. The lowest BCUT2D eigenvalue weighted by atomic mass is 10.2. The fraction of sp³-hybridized carbons (Fsp3) is 0.500. The molecular formula is C10H14N2OS. The Labute approximate surface area is 87.7 Å². The van der Waals surface area contributed by atoms with Crippen LogP contribution in [0, 0.1) is 0 Å². The summed E-state index contributed by atoms with van der Waals surface area (Å²) >= 11 is 1.71. The van der Waals surface area contributed by atoms with Crippen molar-refractivity contribution in [1.82, 2.24) is 10.2 Å². The molecule has 1 saturated heterocycles. The number of hydrogen-bond acceptors (Lipinski definition) is 3. The Balaban J connectivity index is 2.20. The average molecular weight is 210 g/mol. The Morgan fingerprint density at radius 3 is 3.21 bits per heavy atom. The molecule has 1 aromatic heterocycles. The number of likely N-dealkylation sites (N-methyl/N-ethyl adjacent to an activating group) is 1. The van der Waals surface area contributed by atoms with E-state index < -0.39 is 0 Å². The summed E-state index contributed by atoms with van der Waals surface area (Å²) in [6, 6.07) is 4.33. The Morgan fingerprint density at radius 1 is 1.64 bits per heavy atom. The smallest absolute Gasteiger partial charge is 0.224 e. The minimum absolute atomic E-state index is 0.213. The van der Waals surface area contributed by atoms with Gasteiger partial charge >= 0.3 is 0 Å². The molecule has 1 unspecified atom stereocenters. The molecule has 1 aliphatic heterocycles. The fourth-order valence-electron chi connectivity index (χ4n) is 1.69. The molecule has 14 heavy (non-hydrogen) atoms. The lowest BCUT2D eigenvalue weighted by Gasteiger charge is -2.24. The fourth-order valence-corrected chi connectivity index (χ4v) is 2.56. The van der Waals surface area contributed by atoms with Gasteiger partial charge in [-0.05, 0) is 11.4 Å². The van der Waals surface area contributed by atoms with Crippen molar-refractivity contribution in [3.8, 4) is 0 Å². The van der Waals surface area contributed by atoms with Gasteiger partial charge in [0.05, 0.1) is 6.04 Å². The first kappa shape index (κ1) is 9.68. The van der Waals surface area contributed by atoms with Gasteiger partial charge in [-0.1, -0.05) is 6.07 Å². The summed E-state index contributed by atoms with van der Waals surface area (Å²) in [5.74, 6) is 0.230. The van der Waals surface area contributed by atoms with Crippen LogP contribution in [0.4, 0.5) is 0 Å². The van der Waals surface area contributed by atoms with Crippen LogP contribution in [0.25, 0.3) is 0 Å². The average Bonchev–Trinajstić information content (AvgIpc) is 2.64. The van der Waals surface area contributed by atoms with Crippen molar-refractivity contribution in [2.24, 2.45) is 0 Å². The molecule has 0 radical (unpaired) electrons. The second-order valence-corrected chi connectivity index (χ2v) is 4.47. The topological polar surface area (TPSA) is 32.3 Å². The summed E-state index contributed by atoms with van der Waals surface area (Å²) in [5.41, 5.74) is 0. The number of hydrogen-bond donors (Lipinski definition) is 1. The number of amides is 1. The normalized spacial score (nSPS) is 23.6.